The number of rotatable bonds is 5. The molecule has 3 aromatic rings. The van der Waals surface area contributed by atoms with Gasteiger partial charge in [0.1, 0.15) is 5.75 Å². The van der Waals surface area contributed by atoms with Crippen molar-refractivity contribution in [1.29, 1.82) is 0 Å². The second kappa shape index (κ2) is 8.07. The molecular weight excluding hydrogens is 344 g/mol. The van der Waals surface area contributed by atoms with Gasteiger partial charge in [-0.05, 0) is 54.8 Å². The average Bonchev–Trinajstić information content (AvgIpc) is 2.69. The monoisotopic (exact) mass is 366 g/mol. The first-order valence-electron chi connectivity index (χ1n) is 9.25. The number of aromatic nitrogens is 1. The summed E-state index contributed by atoms with van der Waals surface area (Å²) in [5, 5.41) is 6.48. The summed E-state index contributed by atoms with van der Waals surface area (Å²) in [7, 11) is 0. The van der Waals surface area contributed by atoms with Crippen molar-refractivity contribution in [3.8, 4) is 5.75 Å². The number of nitrogens with one attached hydrogen (secondary N) is 1. The van der Waals surface area contributed by atoms with Crippen LogP contribution in [0.2, 0.25) is 5.02 Å². The lowest BCUT2D eigenvalue weighted by molar-refractivity contribution is 0.139. The van der Waals surface area contributed by atoms with Crippen molar-refractivity contribution in [2.45, 2.75) is 44.4 Å². The highest BCUT2D eigenvalue weighted by Gasteiger charge is 2.22. The van der Waals surface area contributed by atoms with E-state index in [4.69, 9.17) is 16.3 Å². The maximum absolute atomic E-state index is 6.40. The van der Waals surface area contributed by atoms with Crippen molar-refractivity contribution in [3.63, 3.8) is 0 Å². The predicted octanol–water partition coefficient (Wildman–Crippen LogP) is 5.37. The molecule has 0 bridgehead atoms. The van der Waals surface area contributed by atoms with Gasteiger partial charge in [-0.15, -0.1) is 0 Å². The molecule has 1 aromatic heterocycles. The van der Waals surface area contributed by atoms with E-state index in [-0.39, 0.29) is 6.10 Å². The van der Waals surface area contributed by atoms with Crippen molar-refractivity contribution in [3.05, 3.63) is 71.5 Å². The van der Waals surface area contributed by atoms with E-state index in [2.05, 4.69) is 40.6 Å². The van der Waals surface area contributed by atoms with Gasteiger partial charge >= 0.3 is 0 Å². The lowest BCUT2D eigenvalue weighted by atomic mass is 9.92. The number of ether oxygens (including phenoxy) is 1. The molecule has 1 saturated carbocycles. The molecule has 2 aromatic carbocycles. The standard InChI is InChI=1S/C22H23ClN2O/c23-21-12-18-15-24-11-10-17(18)13-22(21)26-20-8-6-19(7-9-20)25-14-16-4-2-1-3-5-16/h1-5,10-13,15,19-20,25H,6-9,14H2. The van der Waals surface area contributed by atoms with E-state index in [1.54, 1.807) is 6.20 Å². The molecule has 0 atom stereocenters. The van der Waals surface area contributed by atoms with Crippen molar-refractivity contribution < 1.29 is 4.74 Å². The van der Waals surface area contributed by atoms with Gasteiger partial charge in [0.15, 0.2) is 0 Å². The molecule has 0 aliphatic heterocycles. The zero-order valence-electron chi connectivity index (χ0n) is 14.7. The Morgan fingerprint density at radius 3 is 2.62 bits per heavy atom. The quantitative estimate of drug-likeness (QED) is 0.659. The maximum atomic E-state index is 6.40. The Hall–Kier alpha value is -2.10. The van der Waals surface area contributed by atoms with Gasteiger partial charge in [0.25, 0.3) is 0 Å². The molecule has 4 rings (SSSR count). The minimum atomic E-state index is 0.238. The topological polar surface area (TPSA) is 34.1 Å². The first-order chi connectivity index (χ1) is 12.8. The molecule has 1 N–H and O–H groups in total. The van der Waals surface area contributed by atoms with Gasteiger partial charge in [0.05, 0.1) is 11.1 Å². The van der Waals surface area contributed by atoms with Crippen LogP contribution >= 0.6 is 11.6 Å². The zero-order chi connectivity index (χ0) is 17.8. The van der Waals surface area contributed by atoms with E-state index in [0.717, 1.165) is 48.8 Å². The van der Waals surface area contributed by atoms with E-state index in [1.807, 2.05) is 24.4 Å². The first-order valence-corrected chi connectivity index (χ1v) is 9.63. The molecule has 0 radical (unpaired) electrons. The molecule has 26 heavy (non-hydrogen) atoms. The Balaban J connectivity index is 1.32. The molecule has 1 aliphatic rings. The first kappa shape index (κ1) is 17.3. The number of hydrogen-bond donors (Lipinski definition) is 1. The summed E-state index contributed by atoms with van der Waals surface area (Å²) >= 11 is 6.40. The number of halogens is 1. The highest BCUT2D eigenvalue weighted by molar-refractivity contribution is 6.32. The van der Waals surface area contributed by atoms with Crippen LogP contribution in [0.25, 0.3) is 10.8 Å². The summed E-state index contributed by atoms with van der Waals surface area (Å²) in [6.45, 7) is 0.932. The fraction of sp³-hybridized carbons (Fsp3) is 0.318. The van der Waals surface area contributed by atoms with Gasteiger partial charge in [0, 0.05) is 30.4 Å². The van der Waals surface area contributed by atoms with Crippen molar-refractivity contribution >= 4 is 22.4 Å². The van der Waals surface area contributed by atoms with E-state index in [0.29, 0.717) is 11.1 Å². The summed E-state index contributed by atoms with van der Waals surface area (Å²) in [4.78, 5) is 4.14. The third-order valence-corrected chi connectivity index (χ3v) is 5.39. The molecule has 1 heterocycles. The van der Waals surface area contributed by atoms with Crippen LogP contribution in [-0.2, 0) is 6.54 Å². The number of fused-ring (bicyclic) bond motifs is 1. The molecule has 1 fully saturated rings. The fourth-order valence-corrected chi connectivity index (χ4v) is 3.82. The molecule has 4 heteroatoms. The summed E-state index contributed by atoms with van der Waals surface area (Å²) in [6, 6.07) is 17.1. The van der Waals surface area contributed by atoms with Crippen LogP contribution in [0.5, 0.6) is 5.75 Å². The van der Waals surface area contributed by atoms with Gasteiger partial charge in [-0.25, -0.2) is 0 Å². The summed E-state index contributed by atoms with van der Waals surface area (Å²) in [5.74, 6) is 0.783. The molecule has 3 nitrogen and oxygen atoms in total. The second-order valence-electron chi connectivity index (χ2n) is 6.96. The van der Waals surface area contributed by atoms with Crippen LogP contribution in [-0.4, -0.2) is 17.1 Å². The molecule has 1 aliphatic carbocycles. The minimum Gasteiger partial charge on any atom is -0.489 e. The van der Waals surface area contributed by atoms with Gasteiger partial charge in [-0.1, -0.05) is 41.9 Å². The smallest absolute Gasteiger partial charge is 0.138 e. The van der Waals surface area contributed by atoms with Crippen LogP contribution in [0, 0.1) is 0 Å². The highest BCUT2D eigenvalue weighted by Crippen LogP contribution is 2.32. The Bertz CT molecular complexity index is 860. The van der Waals surface area contributed by atoms with E-state index in [1.165, 1.54) is 5.56 Å². The molecule has 0 spiro atoms. The molecule has 0 saturated heterocycles. The Labute approximate surface area is 159 Å². The van der Waals surface area contributed by atoms with Crippen LogP contribution in [0.3, 0.4) is 0 Å². The third-order valence-electron chi connectivity index (χ3n) is 5.10. The minimum absolute atomic E-state index is 0.238. The Morgan fingerprint density at radius 2 is 1.81 bits per heavy atom. The van der Waals surface area contributed by atoms with Crippen molar-refractivity contribution in [2.24, 2.45) is 0 Å². The zero-order valence-corrected chi connectivity index (χ0v) is 15.5. The maximum Gasteiger partial charge on any atom is 0.138 e. The van der Waals surface area contributed by atoms with E-state index >= 15 is 0 Å². The summed E-state index contributed by atoms with van der Waals surface area (Å²) in [5.41, 5.74) is 1.34. The lowest BCUT2D eigenvalue weighted by Gasteiger charge is -2.30. The largest absolute Gasteiger partial charge is 0.489 e. The molecular formula is C22H23ClN2O. The van der Waals surface area contributed by atoms with Gasteiger partial charge in [-0.3, -0.25) is 4.98 Å². The van der Waals surface area contributed by atoms with E-state index < -0.39 is 0 Å². The second-order valence-corrected chi connectivity index (χ2v) is 7.37. The number of hydrogen-bond acceptors (Lipinski definition) is 3. The fourth-order valence-electron chi connectivity index (χ4n) is 3.60. The van der Waals surface area contributed by atoms with Crippen LogP contribution in [0.15, 0.2) is 60.9 Å². The van der Waals surface area contributed by atoms with E-state index in [9.17, 15) is 0 Å². The summed E-state index contributed by atoms with van der Waals surface area (Å²) < 4.78 is 6.23. The van der Waals surface area contributed by atoms with Crippen molar-refractivity contribution in [1.82, 2.24) is 10.3 Å². The number of nitrogens with zero attached hydrogens (tertiary/aromatic N) is 1. The molecule has 0 amide bonds. The number of pyridine rings is 1. The van der Waals surface area contributed by atoms with Gasteiger partial charge in [0.2, 0.25) is 0 Å². The highest BCUT2D eigenvalue weighted by atomic mass is 35.5. The number of benzene rings is 2. The molecule has 134 valence electrons. The average molecular weight is 367 g/mol. The summed E-state index contributed by atoms with van der Waals surface area (Å²) in [6.07, 6.45) is 8.23. The van der Waals surface area contributed by atoms with Crippen LogP contribution in [0.1, 0.15) is 31.2 Å². The van der Waals surface area contributed by atoms with Crippen molar-refractivity contribution in [2.75, 3.05) is 0 Å². The Kier molecular flexibility index (Phi) is 5.37. The molecule has 0 unspecified atom stereocenters. The Morgan fingerprint density at radius 1 is 1.00 bits per heavy atom. The lowest BCUT2D eigenvalue weighted by Crippen LogP contribution is -2.35. The third kappa shape index (κ3) is 4.17. The predicted molar refractivity (Wildman–Crippen MR) is 107 cm³/mol. The normalized spacial score (nSPS) is 20.2. The van der Waals surface area contributed by atoms with Crippen LogP contribution in [0.4, 0.5) is 0 Å². The van der Waals surface area contributed by atoms with Gasteiger partial charge < -0.3 is 10.1 Å². The SMILES string of the molecule is Clc1cc2cnccc2cc1OC1CCC(NCc2ccccc2)CC1. The van der Waals surface area contributed by atoms with Gasteiger partial charge in [-0.2, -0.15) is 0 Å². The van der Waals surface area contributed by atoms with Crippen LogP contribution < -0.4 is 10.1 Å².